The van der Waals surface area contributed by atoms with Gasteiger partial charge in [0.05, 0.1) is 16.6 Å². The normalized spacial score (nSPS) is 28.4. The molecule has 0 aromatic heterocycles. The summed E-state index contributed by atoms with van der Waals surface area (Å²) in [6.07, 6.45) is 1.22. The Morgan fingerprint density at radius 2 is 2.11 bits per heavy atom. The molecular formula is C17H19N5O5. The van der Waals surface area contributed by atoms with E-state index in [4.69, 9.17) is 19.9 Å². The van der Waals surface area contributed by atoms with E-state index >= 15 is 0 Å². The smallest absolute Gasteiger partial charge is 0.277 e. The van der Waals surface area contributed by atoms with Crippen molar-refractivity contribution in [1.82, 2.24) is 10.9 Å². The SMILES string of the molecule is CCCC1NNC2OC(N)=C(C#N)C(c3cc4c(cc3[N+](=O)[O-])OCO4)C12. The van der Waals surface area contributed by atoms with Gasteiger partial charge in [-0.25, -0.2) is 5.43 Å². The van der Waals surface area contributed by atoms with Gasteiger partial charge in [-0.3, -0.25) is 15.5 Å². The predicted molar refractivity (Wildman–Crippen MR) is 92.1 cm³/mol. The van der Waals surface area contributed by atoms with Crippen LogP contribution in [-0.2, 0) is 4.74 Å². The summed E-state index contributed by atoms with van der Waals surface area (Å²) in [4.78, 5) is 11.3. The van der Waals surface area contributed by atoms with Gasteiger partial charge in [0.25, 0.3) is 5.69 Å². The first kappa shape index (κ1) is 17.4. The van der Waals surface area contributed by atoms with Gasteiger partial charge in [0.1, 0.15) is 6.07 Å². The second-order valence-electron chi connectivity index (χ2n) is 6.69. The summed E-state index contributed by atoms with van der Waals surface area (Å²) in [5, 5.41) is 21.5. The molecule has 10 nitrogen and oxygen atoms in total. The molecular weight excluding hydrogens is 354 g/mol. The Morgan fingerprint density at radius 1 is 1.37 bits per heavy atom. The Kier molecular flexibility index (Phi) is 4.25. The number of hydrazine groups is 1. The fourth-order valence-corrected chi connectivity index (χ4v) is 4.07. The molecule has 1 aromatic carbocycles. The standard InChI is InChI=1S/C17H19N5O5/c1-2-3-10-15-14(9(6-18)16(19)27-17(15)21-20-10)8-4-12-13(26-7-25-12)5-11(8)22(23)24/h4-5,10,14-15,17,20-21H,2-3,7,19H2,1H3. The van der Waals surface area contributed by atoms with Gasteiger partial charge in [-0.05, 0) is 12.5 Å². The van der Waals surface area contributed by atoms with Gasteiger partial charge in [0, 0.05) is 23.4 Å². The van der Waals surface area contributed by atoms with Crippen molar-refractivity contribution in [2.75, 3.05) is 6.79 Å². The van der Waals surface area contributed by atoms with Crippen molar-refractivity contribution < 1.29 is 19.1 Å². The monoisotopic (exact) mass is 373 g/mol. The van der Waals surface area contributed by atoms with Crippen LogP contribution in [0.3, 0.4) is 0 Å². The summed E-state index contributed by atoms with van der Waals surface area (Å²) in [7, 11) is 0. The van der Waals surface area contributed by atoms with Crippen molar-refractivity contribution in [2.24, 2.45) is 11.7 Å². The Morgan fingerprint density at radius 3 is 2.78 bits per heavy atom. The largest absolute Gasteiger partial charge is 0.458 e. The van der Waals surface area contributed by atoms with E-state index in [0.717, 1.165) is 12.8 Å². The number of benzene rings is 1. The highest BCUT2D eigenvalue weighted by Gasteiger charge is 2.50. The average Bonchev–Trinajstić information content (AvgIpc) is 3.26. The number of nitro groups is 1. The summed E-state index contributed by atoms with van der Waals surface area (Å²) in [5.41, 5.74) is 12.6. The van der Waals surface area contributed by atoms with Crippen LogP contribution in [0.5, 0.6) is 11.5 Å². The highest BCUT2D eigenvalue weighted by atomic mass is 16.7. The number of fused-ring (bicyclic) bond motifs is 2. The van der Waals surface area contributed by atoms with Crippen LogP contribution in [0.25, 0.3) is 0 Å². The highest BCUT2D eigenvalue weighted by molar-refractivity contribution is 5.59. The molecule has 142 valence electrons. The molecule has 0 saturated carbocycles. The summed E-state index contributed by atoms with van der Waals surface area (Å²) in [6, 6.07) is 4.98. The van der Waals surface area contributed by atoms with Gasteiger partial charge in [-0.2, -0.15) is 5.26 Å². The fourth-order valence-electron chi connectivity index (χ4n) is 4.07. The molecule has 1 saturated heterocycles. The summed E-state index contributed by atoms with van der Waals surface area (Å²) in [5.74, 6) is -0.145. The molecule has 0 spiro atoms. The third kappa shape index (κ3) is 2.72. The zero-order chi connectivity index (χ0) is 19.1. The number of nitrogens with two attached hydrogens (primary N) is 1. The Bertz CT molecular complexity index is 864. The lowest BCUT2D eigenvalue weighted by molar-refractivity contribution is -0.385. The molecule has 3 aliphatic heterocycles. The first-order valence-corrected chi connectivity index (χ1v) is 8.70. The van der Waals surface area contributed by atoms with Crippen molar-refractivity contribution in [1.29, 1.82) is 5.26 Å². The average molecular weight is 373 g/mol. The van der Waals surface area contributed by atoms with E-state index in [2.05, 4.69) is 16.9 Å². The van der Waals surface area contributed by atoms with E-state index < -0.39 is 17.1 Å². The van der Waals surface area contributed by atoms with Crippen molar-refractivity contribution in [2.45, 2.75) is 38.0 Å². The zero-order valence-electron chi connectivity index (χ0n) is 14.6. The Labute approximate surface area is 155 Å². The summed E-state index contributed by atoms with van der Waals surface area (Å²) in [6.45, 7) is 2.05. The number of ether oxygens (including phenoxy) is 3. The van der Waals surface area contributed by atoms with Gasteiger partial charge in [-0.1, -0.05) is 13.3 Å². The second kappa shape index (κ2) is 6.61. The van der Waals surface area contributed by atoms with Crippen LogP contribution in [0.15, 0.2) is 23.6 Å². The summed E-state index contributed by atoms with van der Waals surface area (Å²) >= 11 is 0. The molecule has 10 heteroatoms. The number of nitriles is 1. The van der Waals surface area contributed by atoms with Crippen molar-refractivity contribution >= 4 is 5.69 Å². The van der Waals surface area contributed by atoms with Crippen LogP contribution in [0.4, 0.5) is 5.69 Å². The van der Waals surface area contributed by atoms with Crippen LogP contribution in [0, 0.1) is 27.4 Å². The third-order valence-corrected chi connectivity index (χ3v) is 5.21. The molecule has 4 rings (SSSR count). The van der Waals surface area contributed by atoms with Crippen molar-refractivity contribution in [3.8, 4) is 17.6 Å². The first-order valence-electron chi connectivity index (χ1n) is 8.70. The van der Waals surface area contributed by atoms with Crippen molar-refractivity contribution in [3.05, 3.63) is 39.3 Å². The number of hydrogen-bond donors (Lipinski definition) is 3. The topological polar surface area (TPSA) is 145 Å². The maximum atomic E-state index is 11.8. The molecule has 1 fully saturated rings. The van der Waals surface area contributed by atoms with E-state index in [1.807, 2.05) is 6.92 Å². The van der Waals surface area contributed by atoms with Crippen LogP contribution in [-0.4, -0.2) is 24.0 Å². The number of hydrogen-bond acceptors (Lipinski definition) is 9. The third-order valence-electron chi connectivity index (χ3n) is 5.21. The predicted octanol–water partition coefficient (Wildman–Crippen LogP) is 1.35. The van der Waals surface area contributed by atoms with Gasteiger partial charge in [-0.15, -0.1) is 0 Å². The molecule has 0 radical (unpaired) electrons. The molecule has 27 heavy (non-hydrogen) atoms. The molecule has 0 aliphatic carbocycles. The lowest BCUT2D eigenvalue weighted by Crippen LogP contribution is -2.41. The van der Waals surface area contributed by atoms with Crippen molar-refractivity contribution in [3.63, 3.8) is 0 Å². The molecule has 4 atom stereocenters. The molecule has 1 aromatic rings. The molecule has 3 heterocycles. The van der Waals surface area contributed by atoms with Gasteiger partial charge >= 0.3 is 0 Å². The second-order valence-corrected chi connectivity index (χ2v) is 6.69. The van der Waals surface area contributed by atoms with Crippen LogP contribution < -0.4 is 26.1 Å². The number of nitrogens with zero attached hydrogens (tertiary/aromatic N) is 2. The Hall–Kier alpha value is -3.03. The van der Waals surface area contributed by atoms with Crippen LogP contribution in [0.1, 0.15) is 31.2 Å². The minimum Gasteiger partial charge on any atom is -0.458 e. The van der Waals surface area contributed by atoms with Crippen LogP contribution >= 0.6 is 0 Å². The van der Waals surface area contributed by atoms with E-state index in [-0.39, 0.29) is 35.9 Å². The summed E-state index contributed by atoms with van der Waals surface area (Å²) < 4.78 is 16.4. The van der Waals surface area contributed by atoms with E-state index in [0.29, 0.717) is 17.1 Å². The molecule has 3 aliphatic rings. The van der Waals surface area contributed by atoms with Crippen LogP contribution in [0.2, 0.25) is 0 Å². The number of nitrogens with one attached hydrogen (secondary N) is 2. The highest BCUT2D eigenvalue weighted by Crippen LogP contribution is 2.49. The fraction of sp³-hybridized carbons (Fsp3) is 0.471. The molecule has 4 N–H and O–H groups in total. The van der Waals surface area contributed by atoms with E-state index in [9.17, 15) is 15.4 Å². The number of nitro benzene ring substituents is 1. The van der Waals surface area contributed by atoms with Gasteiger partial charge in [0.15, 0.2) is 17.7 Å². The quantitative estimate of drug-likeness (QED) is 0.526. The van der Waals surface area contributed by atoms with Gasteiger partial charge in [0.2, 0.25) is 12.7 Å². The van der Waals surface area contributed by atoms with E-state index in [1.54, 1.807) is 6.07 Å². The first-order chi connectivity index (χ1) is 13.0. The number of rotatable bonds is 4. The molecule has 0 bridgehead atoms. The lowest BCUT2D eigenvalue weighted by atomic mass is 9.74. The maximum absolute atomic E-state index is 11.8. The molecule has 4 unspecified atom stereocenters. The molecule has 0 amide bonds. The zero-order valence-corrected chi connectivity index (χ0v) is 14.6. The van der Waals surface area contributed by atoms with E-state index in [1.165, 1.54) is 6.07 Å². The Balaban J connectivity index is 1.90. The minimum atomic E-state index is -0.609. The lowest BCUT2D eigenvalue weighted by Gasteiger charge is -2.35. The minimum absolute atomic E-state index is 0.000425. The number of allylic oxidation sites excluding steroid dienone is 1. The van der Waals surface area contributed by atoms with Gasteiger partial charge < -0.3 is 19.9 Å². The maximum Gasteiger partial charge on any atom is 0.277 e.